The minimum Gasteiger partial charge on any atom is -0.508 e. The summed E-state index contributed by atoms with van der Waals surface area (Å²) in [5.41, 5.74) is 1.30. The van der Waals surface area contributed by atoms with Crippen LogP contribution in [0, 0.1) is 0 Å². The van der Waals surface area contributed by atoms with E-state index in [1.54, 1.807) is 42.5 Å². The van der Waals surface area contributed by atoms with E-state index >= 15 is 0 Å². The van der Waals surface area contributed by atoms with Crippen LogP contribution < -0.4 is 9.47 Å². The van der Waals surface area contributed by atoms with Crippen LogP contribution in [0.5, 0.6) is 17.2 Å². The zero-order chi connectivity index (χ0) is 17.4. The number of hydrogen-bond acceptors (Lipinski definition) is 5. The number of sulfone groups is 1. The monoisotopic (exact) mass is 354 g/mol. The van der Waals surface area contributed by atoms with Crippen molar-refractivity contribution in [2.45, 2.75) is 9.79 Å². The Hall–Kier alpha value is -2.99. The third-order valence-corrected chi connectivity index (χ3v) is 5.71. The number of phenolic OH excluding ortho intramolecular Hbond substituents is 1. The average molecular weight is 354 g/mol. The van der Waals surface area contributed by atoms with Crippen LogP contribution in [0.3, 0.4) is 0 Å². The highest BCUT2D eigenvalue weighted by molar-refractivity contribution is 7.91. The first-order valence-electron chi connectivity index (χ1n) is 7.58. The standard InChI is InChI=1S/C19H14O5S/c20-15-8-14(13-6-7-18-19(10-13)24-12-23-18)9-17(11-15)25(21,22)16-4-2-1-3-5-16/h1-11,20H,12H2. The molecule has 0 aromatic heterocycles. The van der Waals surface area contributed by atoms with Gasteiger partial charge >= 0.3 is 0 Å². The van der Waals surface area contributed by atoms with Crippen LogP contribution in [0.4, 0.5) is 0 Å². The van der Waals surface area contributed by atoms with Crippen LogP contribution in [-0.4, -0.2) is 20.3 Å². The molecule has 0 aliphatic carbocycles. The molecule has 1 heterocycles. The van der Waals surface area contributed by atoms with E-state index in [-0.39, 0.29) is 22.3 Å². The molecule has 0 bridgehead atoms. The lowest BCUT2D eigenvalue weighted by atomic mass is 10.0. The summed E-state index contributed by atoms with van der Waals surface area (Å²) in [6, 6.07) is 17.7. The highest BCUT2D eigenvalue weighted by Gasteiger charge is 2.20. The van der Waals surface area contributed by atoms with Crippen LogP contribution >= 0.6 is 0 Å². The van der Waals surface area contributed by atoms with E-state index in [1.165, 1.54) is 24.3 Å². The Morgan fingerprint density at radius 1 is 0.760 bits per heavy atom. The molecule has 0 spiro atoms. The maximum atomic E-state index is 12.8. The molecule has 0 saturated carbocycles. The lowest BCUT2D eigenvalue weighted by Crippen LogP contribution is -2.02. The normalized spacial score (nSPS) is 13.0. The minimum atomic E-state index is -3.72. The summed E-state index contributed by atoms with van der Waals surface area (Å²) in [6.45, 7) is 0.159. The average Bonchev–Trinajstić information content (AvgIpc) is 3.09. The van der Waals surface area contributed by atoms with Gasteiger partial charge in [-0.25, -0.2) is 8.42 Å². The van der Waals surface area contributed by atoms with Gasteiger partial charge in [-0.2, -0.15) is 0 Å². The van der Waals surface area contributed by atoms with Gasteiger partial charge in [0.2, 0.25) is 16.6 Å². The van der Waals surface area contributed by atoms with Gasteiger partial charge in [0.15, 0.2) is 11.5 Å². The van der Waals surface area contributed by atoms with Crippen molar-refractivity contribution in [3.05, 3.63) is 66.7 Å². The van der Waals surface area contributed by atoms with Gasteiger partial charge in [-0.3, -0.25) is 0 Å². The second-order valence-electron chi connectivity index (χ2n) is 5.60. The number of fused-ring (bicyclic) bond motifs is 1. The minimum absolute atomic E-state index is 0.0337. The third kappa shape index (κ3) is 2.81. The molecule has 0 atom stereocenters. The molecule has 4 rings (SSSR count). The van der Waals surface area contributed by atoms with Gasteiger partial charge < -0.3 is 14.6 Å². The third-order valence-electron chi connectivity index (χ3n) is 3.96. The summed E-state index contributed by atoms with van der Waals surface area (Å²) >= 11 is 0. The van der Waals surface area contributed by atoms with E-state index in [4.69, 9.17) is 9.47 Å². The fraction of sp³-hybridized carbons (Fsp3) is 0.0526. The SMILES string of the molecule is O=S(=O)(c1ccccc1)c1cc(O)cc(-c2ccc3c(c2)OCO3)c1. The fourth-order valence-corrected chi connectivity index (χ4v) is 4.06. The Morgan fingerprint density at radius 2 is 1.52 bits per heavy atom. The predicted octanol–water partition coefficient (Wildman–Crippen LogP) is 3.62. The van der Waals surface area contributed by atoms with E-state index in [1.807, 2.05) is 0 Å². The second kappa shape index (κ2) is 5.82. The first kappa shape index (κ1) is 15.5. The van der Waals surface area contributed by atoms with Crippen molar-refractivity contribution >= 4 is 9.84 Å². The van der Waals surface area contributed by atoms with Crippen molar-refractivity contribution in [3.8, 4) is 28.4 Å². The van der Waals surface area contributed by atoms with Gasteiger partial charge in [0.05, 0.1) is 9.79 Å². The van der Waals surface area contributed by atoms with Crippen LogP contribution in [0.25, 0.3) is 11.1 Å². The van der Waals surface area contributed by atoms with E-state index < -0.39 is 9.84 Å². The van der Waals surface area contributed by atoms with E-state index in [0.717, 1.165) is 5.56 Å². The Balaban J connectivity index is 1.82. The number of aromatic hydroxyl groups is 1. The van der Waals surface area contributed by atoms with Crippen molar-refractivity contribution in [1.82, 2.24) is 0 Å². The number of phenols is 1. The Bertz CT molecular complexity index is 1040. The maximum absolute atomic E-state index is 12.8. The van der Waals surface area contributed by atoms with Crippen molar-refractivity contribution in [2.24, 2.45) is 0 Å². The molecule has 0 radical (unpaired) electrons. The zero-order valence-corrected chi connectivity index (χ0v) is 13.9. The Labute approximate surface area is 145 Å². The highest BCUT2D eigenvalue weighted by atomic mass is 32.2. The quantitative estimate of drug-likeness (QED) is 0.778. The molecule has 0 saturated heterocycles. The lowest BCUT2D eigenvalue weighted by Gasteiger charge is -2.09. The zero-order valence-electron chi connectivity index (χ0n) is 13.0. The largest absolute Gasteiger partial charge is 0.508 e. The number of benzene rings is 3. The molecule has 5 nitrogen and oxygen atoms in total. The summed E-state index contributed by atoms with van der Waals surface area (Å²) < 4.78 is 36.2. The summed E-state index contributed by atoms with van der Waals surface area (Å²) in [5, 5.41) is 10.0. The van der Waals surface area contributed by atoms with Crippen molar-refractivity contribution in [3.63, 3.8) is 0 Å². The number of ether oxygens (including phenoxy) is 2. The summed E-state index contributed by atoms with van der Waals surface area (Å²) in [5.74, 6) is 1.11. The molecule has 1 aliphatic heterocycles. The highest BCUT2D eigenvalue weighted by Crippen LogP contribution is 2.37. The summed E-state index contributed by atoms with van der Waals surface area (Å²) in [7, 11) is -3.72. The molecule has 3 aromatic carbocycles. The number of hydrogen-bond donors (Lipinski definition) is 1. The van der Waals surface area contributed by atoms with E-state index in [9.17, 15) is 13.5 Å². The van der Waals surface area contributed by atoms with Gasteiger partial charge in [-0.15, -0.1) is 0 Å². The van der Waals surface area contributed by atoms with Gasteiger partial charge in [-0.1, -0.05) is 24.3 Å². The van der Waals surface area contributed by atoms with Crippen LogP contribution in [0.15, 0.2) is 76.5 Å². The van der Waals surface area contributed by atoms with Gasteiger partial charge in [0.25, 0.3) is 0 Å². The molecular weight excluding hydrogens is 340 g/mol. The molecule has 0 amide bonds. The molecule has 1 N–H and O–H groups in total. The molecule has 6 heteroatoms. The van der Waals surface area contributed by atoms with E-state index in [2.05, 4.69) is 0 Å². The van der Waals surface area contributed by atoms with Crippen molar-refractivity contribution in [1.29, 1.82) is 0 Å². The maximum Gasteiger partial charge on any atom is 0.231 e. The van der Waals surface area contributed by atoms with Gasteiger partial charge in [0.1, 0.15) is 5.75 Å². The van der Waals surface area contributed by atoms with Gasteiger partial charge in [-0.05, 0) is 53.6 Å². The lowest BCUT2D eigenvalue weighted by molar-refractivity contribution is 0.174. The first-order chi connectivity index (χ1) is 12.0. The molecular formula is C19H14O5S. The number of rotatable bonds is 3. The second-order valence-corrected chi connectivity index (χ2v) is 7.55. The molecule has 126 valence electrons. The Kier molecular flexibility index (Phi) is 3.62. The van der Waals surface area contributed by atoms with Crippen LogP contribution in [0.1, 0.15) is 0 Å². The molecule has 1 aliphatic rings. The predicted molar refractivity (Wildman–Crippen MR) is 91.6 cm³/mol. The van der Waals surface area contributed by atoms with Crippen molar-refractivity contribution < 1.29 is 23.0 Å². The summed E-state index contributed by atoms with van der Waals surface area (Å²) in [6.07, 6.45) is 0. The molecule has 0 fully saturated rings. The van der Waals surface area contributed by atoms with E-state index in [0.29, 0.717) is 17.1 Å². The molecule has 0 unspecified atom stereocenters. The smallest absolute Gasteiger partial charge is 0.231 e. The van der Waals surface area contributed by atoms with Gasteiger partial charge in [0, 0.05) is 0 Å². The first-order valence-corrected chi connectivity index (χ1v) is 9.06. The van der Waals surface area contributed by atoms with Crippen LogP contribution in [0.2, 0.25) is 0 Å². The topological polar surface area (TPSA) is 72.8 Å². The Morgan fingerprint density at radius 3 is 2.32 bits per heavy atom. The fourth-order valence-electron chi connectivity index (χ4n) is 2.72. The van der Waals surface area contributed by atoms with Crippen LogP contribution in [-0.2, 0) is 9.84 Å². The molecule has 3 aromatic rings. The summed E-state index contributed by atoms with van der Waals surface area (Å²) in [4.78, 5) is 0.212. The van der Waals surface area contributed by atoms with Crippen molar-refractivity contribution in [2.75, 3.05) is 6.79 Å². The molecule has 25 heavy (non-hydrogen) atoms.